The van der Waals surface area contributed by atoms with Gasteiger partial charge < -0.3 is 5.11 Å². The summed E-state index contributed by atoms with van der Waals surface area (Å²) in [5.74, 6) is -1.52. The molecule has 2 aromatic rings. The minimum Gasteiger partial charge on any atom is -0.388 e. The molecule has 1 nitrogen and oxygen atoms in total. The standard InChI is InChI=1S/C16H13BrF2O/c17-14-10(6-7-13(18)15(14)19)16(20)12-8-11(12)9-4-2-1-3-5-9/h1-7,11-12,16,20H,8H2. The minimum absolute atomic E-state index is 0.0173. The van der Waals surface area contributed by atoms with Gasteiger partial charge in [-0.25, -0.2) is 8.78 Å². The van der Waals surface area contributed by atoms with Crippen molar-refractivity contribution in [2.75, 3.05) is 0 Å². The summed E-state index contributed by atoms with van der Waals surface area (Å²) in [7, 11) is 0. The molecular weight excluding hydrogens is 326 g/mol. The summed E-state index contributed by atoms with van der Waals surface area (Å²) in [5.41, 5.74) is 1.59. The number of rotatable bonds is 3. The Morgan fingerprint density at radius 3 is 2.50 bits per heavy atom. The first-order valence-corrected chi connectivity index (χ1v) is 7.25. The van der Waals surface area contributed by atoms with E-state index in [-0.39, 0.29) is 16.3 Å². The van der Waals surface area contributed by atoms with E-state index in [9.17, 15) is 13.9 Å². The quantitative estimate of drug-likeness (QED) is 0.813. The molecule has 104 valence electrons. The Bertz CT molecular complexity index is 630. The van der Waals surface area contributed by atoms with Crippen molar-refractivity contribution in [1.29, 1.82) is 0 Å². The van der Waals surface area contributed by atoms with Crippen LogP contribution in [0.4, 0.5) is 8.78 Å². The van der Waals surface area contributed by atoms with Crippen molar-refractivity contribution in [2.45, 2.75) is 18.4 Å². The van der Waals surface area contributed by atoms with Crippen LogP contribution < -0.4 is 0 Å². The fraction of sp³-hybridized carbons (Fsp3) is 0.250. The van der Waals surface area contributed by atoms with Crippen molar-refractivity contribution in [1.82, 2.24) is 0 Å². The molecule has 1 fully saturated rings. The third-order valence-electron chi connectivity index (χ3n) is 3.86. The summed E-state index contributed by atoms with van der Waals surface area (Å²) in [5, 5.41) is 10.4. The molecule has 0 aromatic heterocycles. The van der Waals surface area contributed by atoms with E-state index in [0.717, 1.165) is 12.5 Å². The molecule has 20 heavy (non-hydrogen) atoms. The van der Waals surface area contributed by atoms with Crippen LogP contribution in [0.2, 0.25) is 0 Å². The van der Waals surface area contributed by atoms with Crippen molar-refractivity contribution in [3.05, 3.63) is 69.7 Å². The van der Waals surface area contributed by atoms with Gasteiger partial charge in [0, 0.05) is 0 Å². The number of hydrogen-bond acceptors (Lipinski definition) is 1. The van der Waals surface area contributed by atoms with E-state index in [1.807, 2.05) is 30.3 Å². The average molecular weight is 339 g/mol. The molecule has 0 bridgehead atoms. The molecule has 0 aliphatic heterocycles. The van der Waals surface area contributed by atoms with Gasteiger partial charge in [-0.2, -0.15) is 0 Å². The molecule has 0 amide bonds. The maximum absolute atomic E-state index is 13.5. The first kappa shape index (κ1) is 13.7. The van der Waals surface area contributed by atoms with Gasteiger partial charge >= 0.3 is 0 Å². The van der Waals surface area contributed by atoms with E-state index < -0.39 is 17.7 Å². The number of hydrogen-bond donors (Lipinski definition) is 1. The zero-order valence-corrected chi connectivity index (χ0v) is 12.1. The van der Waals surface area contributed by atoms with Gasteiger partial charge in [0.25, 0.3) is 0 Å². The fourth-order valence-corrected chi connectivity index (χ4v) is 3.20. The van der Waals surface area contributed by atoms with Gasteiger partial charge in [0.2, 0.25) is 0 Å². The maximum atomic E-state index is 13.5. The van der Waals surface area contributed by atoms with Crippen LogP contribution in [0.5, 0.6) is 0 Å². The number of benzene rings is 2. The summed E-state index contributed by atoms with van der Waals surface area (Å²) in [6, 6.07) is 12.4. The molecule has 3 rings (SSSR count). The fourth-order valence-electron chi connectivity index (χ4n) is 2.65. The van der Waals surface area contributed by atoms with Crippen LogP contribution in [0.25, 0.3) is 0 Å². The second-order valence-electron chi connectivity index (χ2n) is 5.13. The van der Waals surface area contributed by atoms with Gasteiger partial charge in [-0.15, -0.1) is 0 Å². The molecule has 1 N–H and O–H groups in total. The Morgan fingerprint density at radius 1 is 1.10 bits per heavy atom. The molecule has 3 atom stereocenters. The molecule has 0 spiro atoms. The van der Waals surface area contributed by atoms with Gasteiger partial charge in [-0.05, 0) is 51.4 Å². The molecule has 1 saturated carbocycles. The molecule has 2 aromatic carbocycles. The SMILES string of the molecule is OC(c1ccc(F)c(F)c1Br)C1CC1c1ccccc1. The van der Waals surface area contributed by atoms with Gasteiger partial charge in [-0.3, -0.25) is 0 Å². The summed E-state index contributed by atoms with van der Waals surface area (Å²) in [4.78, 5) is 0. The highest BCUT2D eigenvalue weighted by atomic mass is 79.9. The molecule has 1 aliphatic rings. The first-order chi connectivity index (χ1) is 9.59. The summed E-state index contributed by atoms with van der Waals surface area (Å²) in [6.45, 7) is 0. The van der Waals surface area contributed by atoms with Crippen molar-refractivity contribution in [2.24, 2.45) is 5.92 Å². The summed E-state index contributed by atoms with van der Waals surface area (Å²) in [6.07, 6.45) is 0.0704. The molecule has 0 radical (unpaired) electrons. The lowest BCUT2D eigenvalue weighted by Gasteiger charge is -2.13. The highest BCUT2D eigenvalue weighted by Crippen LogP contribution is 2.54. The second-order valence-corrected chi connectivity index (χ2v) is 5.92. The lowest BCUT2D eigenvalue weighted by atomic mass is 10.0. The van der Waals surface area contributed by atoms with E-state index in [1.165, 1.54) is 11.6 Å². The Labute approximate surface area is 124 Å². The molecular formula is C16H13BrF2O. The topological polar surface area (TPSA) is 20.2 Å². The van der Waals surface area contributed by atoms with Crippen LogP contribution in [0.15, 0.2) is 46.9 Å². The van der Waals surface area contributed by atoms with Crippen molar-refractivity contribution in [3.63, 3.8) is 0 Å². The van der Waals surface area contributed by atoms with Crippen LogP contribution in [0.3, 0.4) is 0 Å². The first-order valence-electron chi connectivity index (χ1n) is 6.46. The Balaban J connectivity index is 1.82. The van der Waals surface area contributed by atoms with Gasteiger partial charge in [-0.1, -0.05) is 36.4 Å². The Hall–Kier alpha value is -1.26. The normalized spacial score (nSPS) is 22.6. The third kappa shape index (κ3) is 2.38. The van der Waals surface area contributed by atoms with Crippen molar-refractivity contribution < 1.29 is 13.9 Å². The largest absolute Gasteiger partial charge is 0.388 e. The van der Waals surface area contributed by atoms with Crippen LogP contribution in [0, 0.1) is 17.6 Å². The lowest BCUT2D eigenvalue weighted by Crippen LogP contribution is -2.04. The zero-order chi connectivity index (χ0) is 14.3. The smallest absolute Gasteiger partial charge is 0.173 e. The van der Waals surface area contributed by atoms with Crippen LogP contribution in [-0.2, 0) is 0 Å². The lowest BCUT2D eigenvalue weighted by molar-refractivity contribution is 0.150. The predicted octanol–water partition coefficient (Wildman–Crippen LogP) is 4.56. The highest BCUT2D eigenvalue weighted by Gasteiger charge is 2.44. The number of aliphatic hydroxyl groups is 1. The van der Waals surface area contributed by atoms with Gasteiger partial charge in [0.15, 0.2) is 11.6 Å². The highest BCUT2D eigenvalue weighted by molar-refractivity contribution is 9.10. The number of halogens is 3. The second kappa shape index (κ2) is 5.26. The molecule has 3 unspecified atom stereocenters. The van der Waals surface area contributed by atoms with Crippen LogP contribution in [0.1, 0.15) is 29.6 Å². The third-order valence-corrected chi connectivity index (χ3v) is 4.66. The zero-order valence-electron chi connectivity index (χ0n) is 10.6. The Morgan fingerprint density at radius 2 is 1.80 bits per heavy atom. The maximum Gasteiger partial charge on any atom is 0.173 e. The van der Waals surface area contributed by atoms with Crippen LogP contribution in [-0.4, -0.2) is 5.11 Å². The Kier molecular flexibility index (Phi) is 3.61. The summed E-state index contributed by atoms with van der Waals surface area (Å²) >= 11 is 3.03. The molecule has 0 heterocycles. The van der Waals surface area contributed by atoms with Crippen LogP contribution >= 0.6 is 15.9 Å². The number of aliphatic hydroxyl groups excluding tert-OH is 1. The van der Waals surface area contributed by atoms with E-state index in [1.54, 1.807) is 0 Å². The average Bonchev–Trinajstić information content (AvgIpc) is 3.26. The van der Waals surface area contributed by atoms with E-state index in [0.29, 0.717) is 5.56 Å². The monoisotopic (exact) mass is 338 g/mol. The molecule has 0 saturated heterocycles. The van der Waals surface area contributed by atoms with E-state index >= 15 is 0 Å². The summed E-state index contributed by atoms with van der Waals surface area (Å²) < 4.78 is 26.6. The molecule has 4 heteroatoms. The predicted molar refractivity (Wildman–Crippen MR) is 76.3 cm³/mol. The van der Waals surface area contributed by atoms with Crippen molar-refractivity contribution in [3.8, 4) is 0 Å². The van der Waals surface area contributed by atoms with E-state index in [2.05, 4.69) is 15.9 Å². The van der Waals surface area contributed by atoms with Gasteiger partial charge in [0.1, 0.15) is 0 Å². The molecule has 1 aliphatic carbocycles. The van der Waals surface area contributed by atoms with E-state index in [4.69, 9.17) is 0 Å². The minimum atomic E-state index is -0.946. The van der Waals surface area contributed by atoms with Gasteiger partial charge in [0.05, 0.1) is 10.6 Å². The van der Waals surface area contributed by atoms with Crippen molar-refractivity contribution >= 4 is 15.9 Å².